The van der Waals surface area contributed by atoms with Gasteiger partial charge < -0.3 is 40.8 Å². The van der Waals surface area contributed by atoms with Gasteiger partial charge in [0.25, 0.3) is 5.56 Å². The summed E-state index contributed by atoms with van der Waals surface area (Å²) in [5.41, 5.74) is 6.71. The van der Waals surface area contributed by atoms with Crippen LogP contribution in [0.25, 0.3) is 22.3 Å². The smallest absolute Gasteiger partial charge is 0.343 e. The number of nitrogens with one attached hydrogen (secondary N) is 3. The quantitative estimate of drug-likeness (QED) is 0.106. The molecule has 6 N–H and O–H groups in total. The first-order valence-corrected chi connectivity index (χ1v) is 16.3. The molecule has 2 aromatic heterocycles. The molecule has 1 aromatic carbocycles. The Kier molecular flexibility index (Phi) is 10.1. The molecule has 0 fully saturated rings. The van der Waals surface area contributed by atoms with E-state index in [0.717, 1.165) is 11.1 Å². The molecule has 3 amide bonds. The summed E-state index contributed by atoms with van der Waals surface area (Å²) in [7, 11) is 0. The van der Waals surface area contributed by atoms with Gasteiger partial charge in [-0.15, -0.1) is 0 Å². The van der Waals surface area contributed by atoms with Gasteiger partial charge >= 0.3 is 5.97 Å². The molecule has 2 aliphatic rings. The summed E-state index contributed by atoms with van der Waals surface area (Å²) in [4.78, 5) is 67.4. The van der Waals surface area contributed by atoms with Crippen LogP contribution in [0.4, 0.5) is 4.39 Å². The fourth-order valence-electron chi connectivity index (χ4n) is 6.09. The lowest BCUT2D eigenvalue weighted by Gasteiger charge is -2.31. The minimum atomic E-state index is -1.96. The van der Waals surface area contributed by atoms with E-state index in [0.29, 0.717) is 28.7 Å². The third-order valence-electron chi connectivity index (χ3n) is 9.09. The van der Waals surface area contributed by atoms with Gasteiger partial charge in [0.15, 0.2) is 17.2 Å². The largest absolute Gasteiger partial charge is 0.489 e. The number of aliphatic hydroxyl groups is 1. The number of amides is 3. The average molecular weight is 681 g/mol. The van der Waals surface area contributed by atoms with E-state index in [4.69, 9.17) is 20.2 Å². The third kappa shape index (κ3) is 6.59. The minimum absolute atomic E-state index is 0.0168. The van der Waals surface area contributed by atoms with Crippen molar-refractivity contribution in [3.8, 4) is 17.1 Å². The molecule has 0 saturated heterocycles. The first kappa shape index (κ1) is 35.4. The molecule has 5 rings (SSSR count). The van der Waals surface area contributed by atoms with E-state index in [1.54, 1.807) is 32.9 Å². The lowest BCUT2D eigenvalue weighted by molar-refractivity contribution is -0.172. The van der Waals surface area contributed by atoms with Gasteiger partial charge in [-0.2, -0.15) is 0 Å². The molecule has 0 bridgehead atoms. The summed E-state index contributed by atoms with van der Waals surface area (Å²) in [6, 6.07) is 2.74. The number of carbonyl (C=O) groups is 4. The maximum absolute atomic E-state index is 15.3. The summed E-state index contributed by atoms with van der Waals surface area (Å²) < 4.78 is 27.6. The van der Waals surface area contributed by atoms with Gasteiger partial charge in [0.05, 0.1) is 48.1 Å². The molecule has 0 radical (unpaired) electrons. The van der Waals surface area contributed by atoms with Crippen LogP contribution in [0.1, 0.15) is 63.3 Å². The van der Waals surface area contributed by atoms with Crippen molar-refractivity contribution in [2.75, 3.05) is 19.7 Å². The van der Waals surface area contributed by atoms with Gasteiger partial charge in [0.2, 0.25) is 17.7 Å². The van der Waals surface area contributed by atoms with Crippen molar-refractivity contribution in [2.45, 2.75) is 78.3 Å². The van der Waals surface area contributed by atoms with Crippen molar-refractivity contribution < 1.29 is 38.1 Å². The first-order chi connectivity index (χ1) is 23.2. The molecule has 4 heterocycles. The van der Waals surface area contributed by atoms with Crippen LogP contribution in [0, 0.1) is 11.7 Å². The molecule has 49 heavy (non-hydrogen) atoms. The number of nitrogens with zero attached hydrogens (tertiary/aromatic N) is 2. The molecule has 14 nitrogen and oxygen atoms in total. The Hall–Kier alpha value is -4.89. The van der Waals surface area contributed by atoms with E-state index in [1.165, 1.54) is 17.6 Å². The van der Waals surface area contributed by atoms with Crippen molar-refractivity contribution in [3.05, 3.63) is 56.6 Å². The summed E-state index contributed by atoms with van der Waals surface area (Å²) >= 11 is 0. The zero-order valence-corrected chi connectivity index (χ0v) is 28.1. The molecular formula is C34H41FN6O8. The van der Waals surface area contributed by atoms with Crippen LogP contribution in [0.3, 0.4) is 0 Å². The minimum Gasteiger partial charge on any atom is -0.489 e. The zero-order valence-electron chi connectivity index (χ0n) is 28.1. The molecule has 3 atom stereocenters. The molecular weight excluding hydrogens is 639 g/mol. The fraction of sp³-hybridized carbons (Fsp3) is 0.471. The predicted molar refractivity (Wildman–Crippen MR) is 176 cm³/mol. The molecule has 15 heteroatoms. The second-order valence-electron chi connectivity index (χ2n) is 12.6. The zero-order chi connectivity index (χ0) is 35.8. The number of ether oxygens (including phenoxy) is 2. The topological polar surface area (TPSA) is 204 Å². The highest BCUT2D eigenvalue weighted by molar-refractivity contribution is 5.92. The number of aromatic nitrogens is 2. The van der Waals surface area contributed by atoms with Crippen LogP contribution in [0.2, 0.25) is 0 Å². The van der Waals surface area contributed by atoms with Gasteiger partial charge in [-0.05, 0) is 43.4 Å². The number of rotatable bonds is 12. The Balaban J connectivity index is 1.26. The van der Waals surface area contributed by atoms with Crippen molar-refractivity contribution in [3.63, 3.8) is 0 Å². The molecule has 0 unspecified atom stereocenters. The molecule has 3 aromatic rings. The Labute approximate surface area is 281 Å². The maximum atomic E-state index is 15.3. The number of benzene rings is 1. The average Bonchev–Trinajstić information content (AvgIpc) is 3.44. The summed E-state index contributed by atoms with van der Waals surface area (Å²) in [5, 5.41) is 19.3. The normalized spacial score (nSPS) is 17.4. The second kappa shape index (κ2) is 13.9. The van der Waals surface area contributed by atoms with Crippen LogP contribution in [0.15, 0.2) is 23.0 Å². The van der Waals surface area contributed by atoms with Gasteiger partial charge in [0.1, 0.15) is 19.3 Å². The number of fused-ring (bicyclic) bond motifs is 5. The number of esters is 1. The predicted octanol–water partition coefficient (Wildman–Crippen LogP) is 0.880. The molecule has 0 spiro atoms. The first-order valence-electron chi connectivity index (χ1n) is 16.3. The number of hydrogen-bond donors (Lipinski definition) is 5. The van der Waals surface area contributed by atoms with Crippen LogP contribution in [0.5, 0.6) is 5.75 Å². The third-order valence-corrected chi connectivity index (χ3v) is 9.09. The molecule has 0 aliphatic carbocycles. The summed E-state index contributed by atoms with van der Waals surface area (Å²) in [6.45, 7) is 8.18. The van der Waals surface area contributed by atoms with Crippen LogP contribution < -0.4 is 32.0 Å². The van der Waals surface area contributed by atoms with Gasteiger partial charge in [0, 0.05) is 22.6 Å². The van der Waals surface area contributed by atoms with E-state index in [1.807, 2.05) is 6.92 Å². The number of nitrogens with two attached hydrogens (primary N) is 1. The standard InChI is InChI=1S/C34H41FN6O8/c1-6-18-19-10-26(48-9-8-37-27(42)13-38-30(43)17(5)39-31(44)28(36)16(3)4)23(35)12-24(19)40-29-20(18)14-41-25(29)11-22-21(32(41)45)15-49-33(46)34(22,47)7-2/h10-12,16-17,28,47H,6-9,13-15,36H2,1-5H3,(H,37,42)(H,38,43)(H,39,44)/t17-,28-,34-/m0/s1. The van der Waals surface area contributed by atoms with E-state index in [-0.39, 0.29) is 67.6 Å². The van der Waals surface area contributed by atoms with E-state index in [9.17, 15) is 29.1 Å². The monoisotopic (exact) mass is 680 g/mol. The van der Waals surface area contributed by atoms with Gasteiger partial charge in [-0.1, -0.05) is 27.7 Å². The molecule has 262 valence electrons. The highest BCUT2D eigenvalue weighted by Crippen LogP contribution is 2.41. The Morgan fingerprint density at radius 1 is 1.12 bits per heavy atom. The fourth-order valence-corrected chi connectivity index (χ4v) is 6.09. The number of carbonyl (C=O) groups excluding carboxylic acids is 4. The number of pyridine rings is 2. The van der Waals surface area contributed by atoms with Crippen molar-refractivity contribution in [2.24, 2.45) is 11.7 Å². The Morgan fingerprint density at radius 3 is 2.53 bits per heavy atom. The molecule has 2 aliphatic heterocycles. The van der Waals surface area contributed by atoms with Crippen LogP contribution in [-0.2, 0) is 49.1 Å². The van der Waals surface area contributed by atoms with E-state index < -0.39 is 47.2 Å². The summed E-state index contributed by atoms with van der Waals surface area (Å²) in [6.07, 6.45) is 0.549. The summed E-state index contributed by atoms with van der Waals surface area (Å²) in [5.74, 6) is -3.19. The van der Waals surface area contributed by atoms with Crippen LogP contribution in [-0.4, -0.2) is 70.1 Å². The van der Waals surface area contributed by atoms with Crippen molar-refractivity contribution in [1.82, 2.24) is 25.5 Å². The Bertz CT molecular complexity index is 1910. The van der Waals surface area contributed by atoms with Gasteiger partial charge in [-0.3, -0.25) is 19.2 Å². The maximum Gasteiger partial charge on any atom is 0.343 e. The molecule has 0 saturated carbocycles. The number of cyclic esters (lactones) is 1. The van der Waals surface area contributed by atoms with Crippen molar-refractivity contribution in [1.29, 1.82) is 0 Å². The highest BCUT2D eigenvalue weighted by Gasteiger charge is 2.45. The lowest BCUT2D eigenvalue weighted by Crippen LogP contribution is -2.52. The second-order valence-corrected chi connectivity index (χ2v) is 12.6. The highest BCUT2D eigenvalue weighted by atomic mass is 19.1. The Morgan fingerprint density at radius 2 is 1.86 bits per heavy atom. The van der Waals surface area contributed by atoms with E-state index in [2.05, 4.69) is 16.0 Å². The number of aryl methyl sites for hydroxylation is 1. The van der Waals surface area contributed by atoms with Gasteiger partial charge in [-0.25, -0.2) is 14.2 Å². The van der Waals surface area contributed by atoms with Crippen molar-refractivity contribution >= 4 is 34.6 Å². The lowest BCUT2D eigenvalue weighted by atomic mass is 9.86. The van der Waals surface area contributed by atoms with E-state index >= 15 is 4.39 Å². The SMILES string of the molecule is CCc1c2c(nc3cc(F)c(OCCNC(=O)CNC(=O)[C@H](C)NC(=O)[C@@H](N)C(C)C)cc13)-c1cc3c(c(=O)n1C2)COC(=O)[C@]3(O)CC. The number of hydrogen-bond acceptors (Lipinski definition) is 10. The number of halogens is 1. The van der Waals surface area contributed by atoms with Crippen LogP contribution >= 0.6 is 0 Å².